The average Bonchev–Trinajstić information content (AvgIpc) is 2.28. The number of benzene rings is 1. The van der Waals surface area contributed by atoms with E-state index in [4.69, 9.17) is 5.73 Å². The summed E-state index contributed by atoms with van der Waals surface area (Å²) in [5.74, 6) is -1.25. The first-order chi connectivity index (χ1) is 8.61. The fraction of sp³-hybridized carbons (Fsp3) is 0.462. The second-order valence-electron chi connectivity index (χ2n) is 4.12. The van der Waals surface area contributed by atoms with Crippen LogP contribution in [0.5, 0.6) is 0 Å². The molecule has 0 bridgehead atoms. The van der Waals surface area contributed by atoms with Gasteiger partial charge < -0.3 is 11.1 Å². The molecule has 0 saturated carbocycles. The fourth-order valence-electron chi connectivity index (χ4n) is 1.62. The molecule has 18 heavy (non-hydrogen) atoms. The quantitative estimate of drug-likeness (QED) is 0.730. The summed E-state index contributed by atoms with van der Waals surface area (Å²) in [5.41, 5.74) is 5.85. The highest BCUT2D eigenvalue weighted by Crippen LogP contribution is 2.08. The van der Waals surface area contributed by atoms with E-state index in [0.717, 1.165) is 18.9 Å². The number of hydrogen-bond acceptors (Lipinski definition) is 2. The highest BCUT2D eigenvalue weighted by atomic mass is 19.1. The summed E-state index contributed by atoms with van der Waals surface area (Å²) in [6.45, 7) is 0.959. The van der Waals surface area contributed by atoms with Gasteiger partial charge in [0.2, 0.25) is 5.91 Å². The SMILES string of the molecule is NCCCCC(=O)NCCc1cc(F)cc(F)c1. The number of unbranched alkanes of at least 4 members (excludes halogenated alkanes) is 1. The molecule has 1 aromatic carbocycles. The molecule has 0 atom stereocenters. The summed E-state index contributed by atoms with van der Waals surface area (Å²) in [7, 11) is 0. The Labute approximate surface area is 105 Å². The van der Waals surface area contributed by atoms with Gasteiger partial charge in [-0.05, 0) is 43.5 Å². The molecule has 5 heteroatoms. The summed E-state index contributed by atoms with van der Waals surface area (Å²) in [4.78, 5) is 11.3. The van der Waals surface area contributed by atoms with Crippen LogP contribution < -0.4 is 11.1 Å². The van der Waals surface area contributed by atoms with Gasteiger partial charge in [0.1, 0.15) is 11.6 Å². The van der Waals surface area contributed by atoms with Crippen molar-refractivity contribution in [3.63, 3.8) is 0 Å². The van der Waals surface area contributed by atoms with Crippen molar-refractivity contribution < 1.29 is 13.6 Å². The van der Waals surface area contributed by atoms with Crippen LogP contribution in [0.1, 0.15) is 24.8 Å². The van der Waals surface area contributed by atoms with Crippen LogP contribution in [0, 0.1) is 11.6 Å². The molecule has 0 aliphatic carbocycles. The van der Waals surface area contributed by atoms with Crippen molar-refractivity contribution >= 4 is 5.91 Å². The topological polar surface area (TPSA) is 55.1 Å². The van der Waals surface area contributed by atoms with Gasteiger partial charge in [-0.2, -0.15) is 0 Å². The van der Waals surface area contributed by atoms with Gasteiger partial charge in [-0.25, -0.2) is 8.78 Å². The summed E-state index contributed by atoms with van der Waals surface area (Å²) >= 11 is 0. The Hall–Kier alpha value is -1.49. The summed E-state index contributed by atoms with van der Waals surface area (Å²) < 4.78 is 25.8. The van der Waals surface area contributed by atoms with E-state index in [1.54, 1.807) is 0 Å². The normalized spacial score (nSPS) is 10.4. The smallest absolute Gasteiger partial charge is 0.220 e. The van der Waals surface area contributed by atoms with Crippen LogP contribution >= 0.6 is 0 Å². The van der Waals surface area contributed by atoms with Crippen LogP contribution in [0.3, 0.4) is 0 Å². The zero-order chi connectivity index (χ0) is 13.4. The molecule has 0 heterocycles. The second kappa shape index (κ2) is 7.76. The van der Waals surface area contributed by atoms with E-state index >= 15 is 0 Å². The zero-order valence-corrected chi connectivity index (χ0v) is 10.2. The Balaban J connectivity index is 2.26. The molecular weight excluding hydrogens is 238 g/mol. The molecule has 3 N–H and O–H groups in total. The van der Waals surface area contributed by atoms with Crippen LogP contribution in [0.2, 0.25) is 0 Å². The average molecular weight is 256 g/mol. The van der Waals surface area contributed by atoms with Crippen molar-refractivity contribution in [3.8, 4) is 0 Å². The van der Waals surface area contributed by atoms with Crippen molar-refractivity contribution in [2.45, 2.75) is 25.7 Å². The lowest BCUT2D eigenvalue weighted by Crippen LogP contribution is -2.25. The maximum Gasteiger partial charge on any atom is 0.220 e. The van der Waals surface area contributed by atoms with Gasteiger partial charge in [0, 0.05) is 19.0 Å². The van der Waals surface area contributed by atoms with E-state index in [-0.39, 0.29) is 5.91 Å². The molecule has 3 nitrogen and oxygen atoms in total. The third-order valence-electron chi connectivity index (χ3n) is 2.52. The molecule has 0 saturated heterocycles. The first-order valence-electron chi connectivity index (χ1n) is 6.03. The van der Waals surface area contributed by atoms with E-state index in [9.17, 15) is 13.6 Å². The van der Waals surface area contributed by atoms with Crippen LogP contribution in [-0.2, 0) is 11.2 Å². The Kier molecular flexibility index (Phi) is 6.28. The van der Waals surface area contributed by atoms with E-state index in [0.29, 0.717) is 31.5 Å². The van der Waals surface area contributed by atoms with Gasteiger partial charge in [0.25, 0.3) is 0 Å². The van der Waals surface area contributed by atoms with E-state index in [1.807, 2.05) is 0 Å². The number of hydrogen-bond donors (Lipinski definition) is 2. The van der Waals surface area contributed by atoms with Gasteiger partial charge >= 0.3 is 0 Å². The zero-order valence-electron chi connectivity index (χ0n) is 10.2. The number of rotatable bonds is 7. The minimum absolute atomic E-state index is 0.0553. The molecular formula is C13H18F2N2O. The molecule has 1 amide bonds. The molecule has 1 rings (SSSR count). The number of amides is 1. The lowest BCUT2D eigenvalue weighted by atomic mass is 10.1. The lowest BCUT2D eigenvalue weighted by molar-refractivity contribution is -0.121. The Morgan fingerprint density at radius 1 is 1.17 bits per heavy atom. The number of halogens is 2. The van der Waals surface area contributed by atoms with Gasteiger partial charge in [0.05, 0.1) is 0 Å². The number of carbonyl (C=O) groups excluding carboxylic acids is 1. The highest BCUT2D eigenvalue weighted by molar-refractivity contribution is 5.75. The third kappa shape index (κ3) is 5.72. The summed E-state index contributed by atoms with van der Waals surface area (Å²) in [5, 5.41) is 2.70. The minimum Gasteiger partial charge on any atom is -0.356 e. The molecule has 0 radical (unpaired) electrons. The largest absolute Gasteiger partial charge is 0.356 e. The monoisotopic (exact) mass is 256 g/mol. The lowest BCUT2D eigenvalue weighted by Gasteiger charge is -2.05. The van der Waals surface area contributed by atoms with E-state index < -0.39 is 11.6 Å². The van der Waals surface area contributed by atoms with Crippen molar-refractivity contribution in [2.24, 2.45) is 5.73 Å². The Bertz CT molecular complexity index is 376. The summed E-state index contributed by atoms with van der Waals surface area (Å²) in [6.07, 6.45) is 2.44. The first-order valence-corrected chi connectivity index (χ1v) is 6.03. The molecule has 0 aliphatic rings. The van der Waals surface area contributed by atoms with Gasteiger partial charge in [-0.3, -0.25) is 4.79 Å². The van der Waals surface area contributed by atoms with Crippen molar-refractivity contribution in [3.05, 3.63) is 35.4 Å². The number of nitrogens with two attached hydrogens (primary N) is 1. The van der Waals surface area contributed by atoms with Gasteiger partial charge in [0.15, 0.2) is 0 Å². The van der Waals surface area contributed by atoms with Crippen LogP contribution in [-0.4, -0.2) is 19.0 Å². The third-order valence-corrected chi connectivity index (χ3v) is 2.52. The van der Waals surface area contributed by atoms with Gasteiger partial charge in [-0.1, -0.05) is 0 Å². The molecule has 0 unspecified atom stereocenters. The highest BCUT2D eigenvalue weighted by Gasteiger charge is 2.03. The molecule has 100 valence electrons. The molecule has 1 aromatic rings. The first kappa shape index (κ1) is 14.6. The Morgan fingerprint density at radius 3 is 2.44 bits per heavy atom. The van der Waals surface area contributed by atoms with Crippen molar-refractivity contribution in [1.82, 2.24) is 5.32 Å². The van der Waals surface area contributed by atoms with Gasteiger partial charge in [-0.15, -0.1) is 0 Å². The predicted octanol–water partition coefficient (Wildman–Crippen LogP) is 1.75. The van der Waals surface area contributed by atoms with Crippen LogP contribution in [0.25, 0.3) is 0 Å². The van der Waals surface area contributed by atoms with Crippen molar-refractivity contribution in [1.29, 1.82) is 0 Å². The Morgan fingerprint density at radius 2 is 1.83 bits per heavy atom. The summed E-state index contributed by atoms with van der Waals surface area (Å²) in [6, 6.07) is 3.36. The second-order valence-corrected chi connectivity index (χ2v) is 4.12. The fourth-order valence-corrected chi connectivity index (χ4v) is 1.62. The molecule has 0 fully saturated rings. The van der Waals surface area contributed by atoms with Crippen molar-refractivity contribution in [2.75, 3.05) is 13.1 Å². The van der Waals surface area contributed by atoms with E-state index in [1.165, 1.54) is 12.1 Å². The maximum atomic E-state index is 12.9. The number of carbonyl (C=O) groups is 1. The molecule has 0 spiro atoms. The molecule has 0 aliphatic heterocycles. The van der Waals surface area contributed by atoms with E-state index in [2.05, 4.69) is 5.32 Å². The predicted molar refractivity (Wildman–Crippen MR) is 66.0 cm³/mol. The minimum atomic E-state index is -0.598. The maximum absolute atomic E-state index is 12.9. The molecule has 0 aromatic heterocycles. The standard InChI is InChI=1S/C13H18F2N2O/c14-11-7-10(8-12(15)9-11)4-6-17-13(18)3-1-2-5-16/h7-9H,1-6,16H2,(H,17,18). The number of nitrogens with one attached hydrogen (secondary N) is 1. The van der Waals surface area contributed by atoms with Crippen LogP contribution in [0.15, 0.2) is 18.2 Å². The van der Waals surface area contributed by atoms with Crippen LogP contribution in [0.4, 0.5) is 8.78 Å².